The van der Waals surface area contributed by atoms with Crippen molar-refractivity contribution in [3.63, 3.8) is 0 Å². The summed E-state index contributed by atoms with van der Waals surface area (Å²) in [6.07, 6.45) is 50.4. The molecule has 0 N–H and O–H groups in total. The molecule has 0 bridgehead atoms. The predicted octanol–water partition coefficient (Wildman–Crippen LogP) is 15.2. The molecule has 1 rings (SSSR count). The fourth-order valence-corrected chi connectivity index (χ4v) is 7.92. The van der Waals surface area contributed by atoms with Crippen LogP contribution in [0.5, 0.6) is 0 Å². The van der Waals surface area contributed by atoms with E-state index in [1.807, 2.05) is 0 Å². The molecule has 1 aliphatic carbocycles. The minimum absolute atomic E-state index is 0.0355. The molecule has 0 spiro atoms. The van der Waals surface area contributed by atoms with Crippen molar-refractivity contribution in [2.45, 2.75) is 258 Å². The molecule has 0 amide bonds. The second-order valence-electron chi connectivity index (χ2n) is 15.7. The molecule has 272 valence electrons. The van der Waals surface area contributed by atoms with Crippen molar-refractivity contribution in [1.29, 1.82) is 0 Å². The Hall–Kier alpha value is -0.660. The average molecular weight is 645 g/mol. The van der Waals surface area contributed by atoms with E-state index in [1.54, 1.807) is 0 Å². The molecular formula is C44H84O2. The van der Waals surface area contributed by atoms with Gasteiger partial charge in [0.05, 0.1) is 0 Å². The van der Waals surface area contributed by atoms with Crippen molar-refractivity contribution in [2.24, 2.45) is 11.8 Å². The lowest BCUT2D eigenvalue weighted by Gasteiger charge is -2.25. The highest BCUT2D eigenvalue weighted by molar-refractivity contribution is 5.94. The number of carbonyl (C=O) groups excluding carboxylic acids is 2. The third kappa shape index (κ3) is 28.4. The van der Waals surface area contributed by atoms with Gasteiger partial charge in [-0.25, -0.2) is 0 Å². The molecule has 1 unspecified atom stereocenters. The van der Waals surface area contributed by atoms with Crippen LogP contribution < -0.4 is 0 Å². The van der Waals surface area contributed by atoms with E-state index in [2.05, 4.69) is 13.8 Å². The van der Waals surface area contributed by atoms with Gasteiger partial charge in [-0.15, -0.1) is 0 Å². The van der Waals surface area contributed by atoms with Crippen molar-refractivity contribution >= 4 is 11.6 Å². The molecular weight excluding hydrogens is 560 g/mol. The minimum atomic E-state index is 0.0355. The van der Waals surface area contributed by atoms with Crippen LogP contribution in [0, 0.1) is 11.8 Å². The first kappa shape index (κ1) is 43.4. The van der Waals surface area contributed by atoms with Gasteiger partial charge < -0.3 is 0 Å². The topological polar surface area (TPSA) is 34.1 Å². The predicted molar refractivity (Wildman–Crippen MR) is 204 cm³/mol. The third-order valence-corrected chi connectivity index (χ3v) is 11.1. The Morgan fingerprint density at radius 1 is 0.413 bits per heavy atom. The standard InChI is InChI=1S/C44H84O2/c1-3-5-7-9-11-13-15-17-19-21-23-25-27-29-31-33-35-41(39-42-40-43(45)37-38-44(42)46)36-34-32-30-28-26-24-22-20-18-16-14-12-10-8-6-4-2/h41-42H,3-40H2,1-2H3. The fraction of sp³-hybridized carbons (Fsp3) is 0.955. The Labute approximate surface area is 290 Å². The van der Waals surface area contributed by atoms with E-state index in [4.69, 9.17) is 0 Å². The monoisotopic (exact) mass is 645 g/mol. The van der Waals surface area contributed by atoms with Gasteiger partial charge in [-0.05, 0) is 12.3 Å². The molecule has 46 heavy (non-hydrogen) atoms. The lowest BCUT2D eigenvalue weighted by molar-refractivity contribution is -0.133. The molecule has 0 saturated heterocycles. The maximum atomic E-state index is 12.6. The van der Waals surface area contributed by atoms with Crippen molar-refractivity contribution in [3.05, 3.63) is 0 Å². The van der Waals surface area contributed by atoms with Crippen molar-refractivity contribution in [3.8, 4) is 0 Å². The second-order valence-corrected chi connectivity index (χ2v) is 15.7. The number of rotatable bonds is 36. The number of unbranched alkanes of at least 4 members (excludes halogenated alkanes) is 30. The Kier molecular flexibility index (Phi) is 32.2. The molecule has 0 aliphatic heterocycles. The van der Waals surface area contributed by atoms with E-state index in [0.717, 1.165) is 6.42 Å². The normalized spacial score (nSPS) is 15.4. The van der Waals surface area contributed by atoms with Crippen LogP contribution in [0.4, 0.5) is 0 Å². The lowest BCUT2D eigenvalue weighted by atomic mass is 9.78. The van der Waals surface area contributed by atoms with Gasteiger partial charge >= 0.3 is 0 Å². The van der Waals surface area contributed by atoms with Crippen LogP contribution in [0.3, 0.4) is 0 Å². The second kappa shape index (κ2) is 34.2. The molecule has 1 saturated carbocycles. The van der Waals surface area contributed by atoms with Crippen LogP contribution >= 0.6 is 0 Å². The Morgan fingerprint density at radius 3 is 1.00 bits per heavy atom. The zero-order valence-corrected chi connectivity index (χ0v) is 31.8. The summed E-state index contributed by atoms with van der Waals surface area (Å²) >= 11 is 0. The summed E-state index contributed by atoms with van der Waals surface area (Å²) in [6.45, 7) is 4.60. The molecule has 2 nitrogen and oxygen atoms in total. The van der Waals surface area contributed by atoms with E-state index in [0.29, 0.717) is 36.7 Å². The van der Waals surface area contributed by atoms with Crippen LogP contribution in [-0.2, 0) is 9.59 Å². The summed E-state index contributed by atoms with van der Waals surface area (Å²) in [5, 5.41) is 0. The third-order valence-electron chi connectivity index (χ3n) is 11.1. The first-order chi connectivity index (χ1) is 22.7. The Balaban J connectivity index is 2.06. The number of carbonyl (C=O) groups is 2. The quantitative estimate of drug-likeness (QED) is 0.0636. The van der Waals surface area contributed by atoms with Gasteiger partial charge in [-0.1, -0.05) is 232 Å². The van der Waals surface area contributed by atoms with E-state index < -0.39 is 0 Å². The maximum Gasteiger partial charge on any atom is 0.136 e. The zero-order chi connectivity index (χ0) is 33.2. The summed E-state index contributed by atoms with van der Waals surface area (Å²) in [7, 11) is 0. The zero-order valence-electron chi connectivity index (χ0n) is 31.8. The molecule has 0 heterocycles. The van der Waals surface area contributed by atoms with Gasteiger partial charge in [0.25, 0.3) is 0 Å². The minimum Gasteiger partial charge on any atom is -0.300 e. The molecule has 1 atom stereocenters. The van der Waals surface area contributed by atoms with Crippen molar-refractivity contribution in [1.82, 2.24) is 0 Å². The fourth-order valence-electron chi connectivity index (χ4n) is 7.92. The van der Waals surface area contributed by atoms with Gasteiger partial charge in [-0.3, -0.25) is 9.59 Å². The number of hydrogen-bond acceptors (Lipinski definition) is 2. The smallest absolute Gasteiger partial charge is 0.136 e. The Bertz CT molecular complexity index is 618. The summed E-state index contributed by atoms with van der Waals surface area (Å²) < 4.78 is 0. The molecule has 1 aliphatic rings. The highest BCUT2D eigenvalue weighted by atomic mass is 16.1. The molecule has 0 aromatic carbocycles. The maximum absolute atomic E-state index is 12.6. The van der Waals surface area contributed by atoms with Crippen molar-refractivity contribution < 1.29 is 9.59 Å². The van der Waals surface area contributed by atoms with Gasteiger partial charge in [0.15, 0.2) is 0 Å². The number of hydrogen-bond donors (Lipinski definition) is 0. The summed E-state index contributed by atoms with van der Waals surface area (Å²) in [4.78, 5) is 24.7. The largest absolute Gasteiger partial charge is 0.300 e. The lowest BCUT2D eigenvalue weighted by Crippen LogP contribution is -2.27. The highest BCUT2D eigenvalue weighted by Crippen LogP contribution is 2.31. The SMILES string of the molecule is CCCCCCCCCCCCCCCCCCC(CCCCCCCCCCCCCCCCCC)CC1CC(=O)CCC1=O. The molecule has 2 heteroatoms. The highest BCUT2D eigenvalue weighted by Gasteiger charge is 2.29. The first-order valence-corrected chi connectivity index (χ1v) is 21.7. The van der Waals surface area contributed by atoms with Gasteiger partial charge in [0, 0.05) is 25.2 Å². The van der Waals surface area contributed by atoms with E-state index in [-0.39, 0.29) is 5.92 Å². The Morgan fingerprint density at radius 2 is 0.696 bits per heavy atom. The summed E-state index contributed by atoms with van der Waals surface area (Å²) in [5.74, 6) is 1.39. The molecule has 0 aromatic heterocycles. The van der Waals surface area contributed by atoms with Gasteiger partial charge in [-0.2, -0.15) is 0 Å². The van der Waals surface area contributed by atoms with Crippen LogP contribution in [0.15, 0.2) is 0 Å². The van der Waals surface area contributed by atoms with Gasteiger partial charge in [0.2, 0.25) is 0 Å². The van der Waals surface area contributed by atoms with Crippen molar-refractivity contribution in [2.75, 3.05) is 0 Å². The average Bonchev–Trinajstić information content (AvgIpc) is 3.05. The molecule has 0 radical (unpaired) electrons. The molecule has 0 aromatic rings. The summed E-state index contributed by atoms with van der Waals surface area (Å²) in [6, 6.07) is 0. The van der Waals surface area contributed by atoms with Crippen LogP contribution in [-0.4, -0.2) is 11.6 Å². The molecule has 1 fully saturated rings. The summed E-state index contributed by atoms with van der Waals surface area (Å²) in [5.41, 5.74) is 0. The van der Waals surface area contributed by atoms with Crippen LogP contribution in [0.2, 0.25) is 0 Å². The van der Waals surface area contributed by atoms with Crippen LogP contribution in [0.25, 0.3) is 0 Å². The van der Waals surface area contributed by atoms with E-state index in [9.17, 15) is 9.59 Å². The van der Waals surface area contributed by atoms with Gasteiger partial charge in [0.1, 0.15) is 11.6 Å². The van der Waals surface area contributed by atoms with E-state index >= 15 is 0 Å². The van der Waals surface area contributed by atoms with E-state index in [1.165, 1.54) is 218 Å². The number of Topliss-reactive ketones (excluding diaryl/α,β-unsaturated/α-hetero) is 2. The number of ketones is 2. The first-order valence-electron chi connectivity index (χ1n) is 21.7. The van der Waals surface area contributed by atoms with Crippen LogP contribution in [0.1, 0.15) is 258 Å².